The zero-order chi connectivity index (χ0) is 16.4. The summed E-state index contributed by atoms with van der Waals surface area (Å²) in [6.07, 6.45) is 11.5. The highest BCUT2D eigenvalue weighted by Gasteiger charge is 2.36. The molecule has 3 heterocycles. The number of hydrogen-bond acceptors (Lipinski definition) is 6. The van der Waals surface area contributed by atoms with Crippen molar-refractivity contribution in [2.45, 2.75) is 44.2 Å². The van der Waals surface area contributed by atoms with Crippen molar-refractivity contribution in [3.8, 4) is 0 Å². The average Bonchev–Trinajstić information content (AvgIpc) is 3.36. The van der Waals surface area contributed by atoms with Gasteiger partial charge < -0.3 is 9.80 Å². The SMILES string of the molecule is Cn1cc(CCN2CCC(N(c3ccncn3)C3CC3)CC2)nn1. The molecule has 24 heavy (non-hydrogen) atoms. The molecule has 2 aromatic heterocycles. The van der Waals surface area contributed by atoms with Gasteiger partial charge in [0.1, 0.15) is 12.1 Å². The molecule has 0 N–H and O–H groups in total. The molecule has 0 aromatic carbocycles. The summed E-state index contributed by atoms with van der Waals surface area (Å²) in [5, 5.41) is 8.18. The molecule has 0 amide bonds. The van der Waals surface area contributed by atoms with Crippen LogP contribution in [0.5, 0.6) is 0 Å². The molecule has 4 rings (SSSR count). The van der Waals surface area contributed by atoms with E-state index in [1.165, 1.54) is 25.7 Å². The Morgan fingerprint density at radius 3 is 2.58 bits per heavy atom. The minimum absolute atomic E-state index is 0.611. The summed E-state index contributed by atoms with van der Waals surface area (Å²) >= 11 is 0. The second-order valence-corrected chi connectivity index (χ2v) is 6.91. The van der Waals surface area contributed by atoms with Gasteiger partial charge >= 0.3 is 0 Å². The third kappa shape index (κ3) is 3.56. The lowest BCUT2D eigenvalue weighted by molar-refractivity contribution is 0.209. The van der Waals surface area contributed by atoms with Crippen LogP contribution in [0.3, 0.4) is 0 Å². The van der Waals surface area contributed by atoms with Gasteiger partial charge in [-0.1, -0.05) is 5.21 Å². The Morgan fingerprint density at radius 1 is 1.17 bits per heavy atom. The van der Waals surface area contributed by atoms with Crippen LogP contribution >= 0.6 is 0 Å². The van der Waals surface area contributed by atoms with E-state index in [4.69, 9.17) is 0 Å². The lowest BCUT2D eigenvalue weighted by Gasteiger charge is -2.39. The number of nitrogens with zero attached hydrogens (tertiary/aromatic N) is 7. The maximum absolute atomic E-state index is 4.50. The predicted octanol–water partition coefficient (Wildman–Crippen LogP) is 1.28. The normalized spacial score (nSPS) is 19.5. The average molecular weight is 327 g/mol. The van der Waals surface area contributed by atoms with E-state index in [1.807, 2.05) is 19.4 Å². The third-order valence-corrected chi connectivity index (χ3v) is 5.06. The molecule has 0 spiro atoms. The summed E-state index contributed by atoms with van der Waals surface area (Å²) in [5.74, 6) is 1.10. The van der Waals surface area contributed by atoms with Gasteiger partial charge in [-0.15, -0.1) is 5.10 Å². The van der Waals surface area contributed by atoms with Gasteiger partial charge in [0.25, 0.3) is 0 Å². The van der Waals surface area contributed by atoms with Crippen LogP contribution < -0.4 is 4.90 Å². The summed E-state index contributed by atoms with van der Waals surface area (Å²) in [6.45, 7) is 3.38. The van der Waals surface area contributed by atoms with Crippen LogP contribution in [-0.4, -0.2) is 61.6 Å². The van der Waals surface area contributed by atoms with Crippen LogP contribution in [-0.2, 0) is 13.5 Å². The van der Waals surface area contributed by atoms with Crippen LogP contribution in [0.2, 0.25) is 0 Å². The highest BCUT2D eigenvalue weighted by molar-refractivity contribution is 5.41. The number of likely N-dealkylation sites (tertiary alicyclic amines) is 1. The molecule has 2 aliphatic rings. The molecule has 7 nitrogen and oxygen atoms in total. The third-order valence-electron chi connectivity index (χ3n) is 5.06. The Hall–Kier alpha value is -2.02. The Labute approximate surface area is 142 Å². The van der Waals surface area contributed by atoms with Gasteiger partial charge in [0.05, 0.1) is 5.69 Å². The number of aromatic nitrogens is 5. The monoisotopic (exact) mass is 327 g/mol. The van der Waals surface area contributed by atoms with Crippen molar-refractivity contribution < 1.29 is 0 Å². The lowest BCUT2D eigenvalue weighted by atomic mass is 10.0. The molecule has 1 aliphatic heterocycles. The summed E-state index contributed by atoms with van der Waals surface area (Å²) in [4.78, 5) is 13.7. The summed E-state index contributed by atoms with van der Waals surface area (Å²) in [6, 6.07) is 3.36. The Bertz CT molecular complexity index is 644. The van der Waals surface area contributed by atoms with E-state index in [-0.39, 0.29) is 0 Å². The highest BCUT2D eigenvalue weighted by Crippen LogP contribution is 2.34. The number of anilines is 1. The first kappa shape index (κ1) is 15.5. The molecule has 2 fully saturated rings. The minimum atomic E-state index is 0.611. The fourth-order valence-corrected chi connectivity index (χ4v) is 3.67. The Kier molecular flexibility index (Phi) is 4.42. The van der Waals surface area contributed by atoms with Crippen LogP contribution in [0.15, 0.2) is 24.8 Å². The maximum atomic E-state index is 4.50. The van der Waals surface area contributed by atoms with Gasteiger partial charge in [-0.05, 0) is 31.7 Å². The molecule has 2 aromatic rings. The number of rotatable bonds is 6. The van der Waals surface area contributed by atoms with E-state index in [9.17, 15) is 0 Å². The molecule has 7 heteroatoms. The van der Waals surface area contributed by atoms with Crippen molar-refractivity contribution in [3.05, 3.63) is 30.5 Å². The van der Waals surface area contributed by atoms with Gasteiger partial charge in [-0.3, -0.25) is 4.68 Å². The molecule has 1 saturated carbocycles. The molecule has 0 atom stereocenters. The molecule has 0 unspecified atom stereocenters. The largest absolute Gasteiger partial charge is 0.350 e. The van der Waals surface area contributed by atoms with Gasteiger partial charge in [0.15, 0.2) is 0 Å². The summed E-state index contributed by atoms with van der Waals surface area (Å²) < 4.78 is 1.77. The second kappa shape index (κ2) is 6.84. The van der Waals surface area contributed by atoms with Crippen LogP contribution in [0.4, 0.5) is 5.82 Å². The first-order valence-electron chi connectivity index (χ1n) is 8.91. The van der Waals surface area contributed by atoms with E-state index >= 15 is 0 Å². The van der Waals surface area contributed by atoms with E-state index in [0.717, 1.165) is 37.6 Å². The molecular formula is C17H25N7. The number of aryl methyl sites for hydroxylation is 1. The van der Waals surface area contributed by atoms with Crippen molar-refractivity contribution in [2.24, 2.45) is 7.05 Å². The topological polar surface area (TPSA) is 63.0 Å². The van der Waals surface area contributed by atoms with Crippen molar-refractivity contribution in [1.82, 2.24) is 29.9 Å². The first-order chi connectivity index (χ1) is 11.8. The van der Waals surface area contributed by atoms with Gasteiger partial charge in [-0.25, -0.2) is 9.97 Å². The number of piperidine rings is 1. The Morgan fingerprint density at radius 2 is 1.96 bits per heavy atom. The molecule has 0 bridgehead atoms. The summed E-state index contributed by atoms with van der Waals surface area (Å²) in [5.41, 5.74) is 1.08. The Balaban J connectivity index is 1.31. The number of hydrogen-bond donors (Lipinski definition) is 0. The van der Waals surface area contributed by atoms with Gasteiger partial charge in [-0.2, -0.15) is 0 Å². The first-order valence-corrected chi connectivity index (χ1v) is 8.91. The highest BCUT2D eigenvalue weighted by atomic mass is 15.4. The lowest BCUT2D eigenvalue weighted by Crippen LogP contribution is -2.46. The van der Waals surface area contributed by atoms with Gasteiger partial charge in [0.2, 0.25) is 0 Å². The molecule has 0 radical (unpaired) electrons. The minimum Gasteiger partial charge on any atom is -0.350 e. The van der Waals surface area contributed by atoms with Crippen LogP contribution in [0.25, 0.3) is 0 Å². The smallest absolute Gasteiger partial charge is 0.132 e. The van der Waals surface area contributed by atoms with Crippen LogP contribution in [0.1, 0.15) is 31.4 Å². The fourth-order valence-electron chi connectivity index (χ4n) is 3.67. The predicted molar refractivity (Wildman–Crippen MR) is 91.7 cm³/mol. The van der Waals surface area contributed by atoms with E-state index in [1.54, 1.807) is 11.0 Å². The molecular weight excluding hydrogens is 302 g/mol. The van der Waals surface area contributed by atoms with E-state index in [2.05, 4.69) is 36.1 Å². The van der Waals surface area contributed by atoms with Crippen molar-refractivity contribution in [3.63, 3.8) is 0 Å². The molecule has 1 saturated heterocycles. The van der Waals surface area contributed by atoms with Crippen molar-refractivity contribution in [1.29, 1.82) is 0 Å². The van der Waals surface area contributed by atoms with Crippen LogP contribution in [0, 0.1) is 0 Å². The molecule has 1 aliphatic carbocycles. The second-order valence-electron chi connectivity index (χ2n) is 6.91. The standard InChI is InChI=1S/C17H25N7/c1-22-12-14(20-21-22)5-9-23-10-6-16(7-11-23)24(15-2-3-15)17-4-8-18-13-19-17/h4,8,12-13,15-16H,2-3,5-7,9-11H2,1H3. The van der Waals surface area contributed by atoms with Crippen molar-refractivity contribution >= 4 is 5.82 Å². The molecule has 128 valence electrons. The quantitative estimate of drug-likeness (QED) is 0.796. The maximum Gasteiger partial charge on any atom is 0.132 e. The zero-order valence-electron chi connectivity index (χ0n) is 14.3. The van der Waals surface area contributed by atoms with Gasteiger partial charge in [0, 0.05) is 57.6 Å². The fraction of sp³-hybridized carbons (Fsp3) is 0.647. The van der Waals surface area contributed by atoms with Crippen molar-refractivity contribution in [2.75, 3.05) is 24.5 Å². The van der Waals surface area contributed by atoms with E-state index in [0.29, 0.717) is 12.1 Å². The van der Waals surface area contributed by atoms with E-state index < -0.39 is 0 Å². The summed E-state index contributed by atoms with van der Waals surface area (Å²) in [7, 11) is 1.92. The zero-order valence-corrected chi connectivity index (χ0v) is 14.3.